The highest BCUT2D eigenvalue weighted by molar-refractivity contribution is 5.90. The van der Waals surface area contributed by atoms with E-state index in [1.165, 1.54) is 5.56 Å². The van der Waals surface area contributed by atoms with Crippen LogP contribution in [-0.4, -0.2) is 11.1 Å². The Morgan fingerprint density at radius 1 is 1.16 bits per heavy atom. The average molecular weight is 255 g/mol. The van der Waals surface area contributed by atoms with Gasteiger partial charge < -0.3 is 10.4 Å². The lowest BCUT2D eigenvalue weighted by Crippen LogP contribution is -2.00. The first kappa shape index (κ1) is 13.1. The van der Waals surface area contributed by atoms with E-state index in [0.29, 0.717) is 5.56 Å². The second-order valence-corrected chi connectivity index (χ2v) is 4.51. The zero-order valence-corrected chi connectivity index (χ0v) is 11.1. The van der Waals surface area contributed by atoms with Gasteiger partial charge in [0.2, 0.25) is 0 Å². The fourth-order valence-electron chi connectivity index (χ4n) is 2.02. The Hall–Kier alpha value is -2.29. The molecule has 2 N–H and O–H groups in total. The number of aryl methyl sites for hydroxylation is 2. The van der Waals surface area contributed by atoms with Crippen LogP contribution in [0.2, 0.25) is 0 Å². The molecule has 0 heterocycles. The molecule has 3 nitrogen and oxygen atoms in total. The molecular weight excluding hydrogens is 238 g/mol. The lowest BCUT2D eigenvalue weighted by molar-refractivity contribution is 0.0696. The summed E-state index contributed by atoms with van der Waals surface area (Å²) in [5.74, 6) is -0.892. The van der Waals surface area contributed by atoms with Crippen molar-refractivity contribution < 1.29 is 9.90 Å². The van der Waals surface area contributed by atoms with Gasteiger partial charge in [0.15, 0.2) is 0 Å². The molecule has 2 rings (SSSR count). The molecule has 0 aliphatic rings. The SMILES string of the molecule is CCc1cccc(Nc2ccc(C(=O)O)c(C)c2)c1. The van der Waals surface area contributed by atoms with Crippen molar-refractivity contribution in [3.63, 3.8) is 0 Å². The van der Waals surface area contributed by atoms with Gasteiger partial charge in [-0.05, 0) is 54.8 Å². The van der Waals surface area contributed by atoms with Gasteiger partial charge in [-0.15, -0.1) is 0 Å². The van der Waals surface area contributed by atoms with Crippen LogP contribution >= 0.6 is 0 Å². The second-order valence-electron chi connectivity index (χ2n) is 4.51. The lowest BCUT2D eigenvalue weighted by Gasteiger charge is -2.09. The number of hydrogen-bond acceptors (Lipinski definition) is 2. The van der Waals surface area contributed by atoms with Gasteiger partial charge in [-0.3, -0.25) is 0 Å². The fourth-order valence-corrected chi connectivity index (χ4v) is 2.02. The van der Waals surface area contributed by atoms with Gasteiger partial charge in [-0.2, -0.15) is 0 Å². The fraction of sp³-hybridized carbons (Fsp3) is 0.188. The van der Waals surface area contributed by atoms with E-state index in [1.807, 2.05) is 18.2 Å². The molecule has 0 radical (unpaired) electrons. The highest BCUT2D eigenvalue weighted by Crippen LogP contribution is 2.21. The number of benzene rings is 2. The standard InChI is InChI=1S/C16H17NO2/c1-3-12-5-4-6-13(10-12)17-14-7-8-15(16(18)19)11(2)9-14/h4-10,17H,3H2,1-2H3,(H,18,19). The number of rotatable bonds is 4. The van der Waals surface area contributed by atoms with E-state index in [2.05, 4.69) is 24.4 Å². The quantitative estimate of drug-likeness (QED) is 0.868. The molecule has 3 heteroatoms. The number of hydrogen-bond donors (Lipinski definition) is 2. The van der Waals surface area contributed by atoms with E-state index in [-0.39, 0.29) is 0 Å². The number of anilines is 2. The molecule has 98 valence electrons. The van der Waals surface area contributed by atoms with Crippen molar-refractivity contribution in [3.8, 4) is 0 Å². The molecule has 0 aliphatic heterocycles. The van der Waals surface area contributed by atoms with Crippen LogP contribution in [-0.2, 0) is 6.42 Å². The van der Waals surface area contributed by atoms with Crippen molar-refractivity contribution in [1.29, 1.82) is 0 Å². The highest BCUT2D eigenvalue weighted by Gasteiger charge is 2.07. The van der Waals surface area contributed by atoms with Crippen LogP contribution in [0.1, 0.15) is 28.4 Å². The maximum absolute atomic E-state index is 11.0. The summed E-state index contributed by atoms with van der Waals surface area (Å²) in [6, 6.07) is 13.5. The topological polar surface area (TPSA) is 49.3 Å². The summed E-state index contributed by atoms with van der Waals surface area (Å²) in [5.41, 5.74) is 4.28. The molecule has 0 unspecified atom stereocenters. The Morgan fingerprint density at radius 2 is 1.89 bits per heavy atom. The molecule has 0 amide bonds. The van der Waals surface area contributed by atoms with Gasteiger partial charge in [-0.25, -0.2) is 4.79 Å². The molecule has 19 heavy (non-hydrogen) atoms. The van der Waals surface area contributed by atoms with E-state index >= 15 is 0 Å². The van der Waals surface area contributed by atoms with Crippen molar-refractivity contribution >= 4 is 17.3 Å². The van der Waals surface area contributed by atoms with Crippen LogP contribution in [0.15, 0.2) is 42.5 Å². The number of carboxylic acid groups (broad SMARTS) is 1. The molecule has 0 saturated heterocycles. The molecular formula is C16H17NO2. The van der Waals surface area contributed by atoms with Gasteiger partial charge in [-0.1, -0.05) is 19.1 Å². The first-order chi connectivity index (χ1) is 9.10. The maximum Gasteiger partial charge on any atom is 0.335 e. The molecule has 0 atom stereocenters. The molecule has 0 saturated carbocycles. The summed E-state index contributed by atoms with van der Waals surface area (Å²) >= 11 is 0. The Kier molecular flexibility index (Phi) is 3.85. The predicted molar refractivity (Wildman–Crippen MR) is 77.2 cm³/mol. The van der Waals surface area contributed by atoms with Gasteiger partial charge in [0.05, 0.1) is 5.56 Å². The third-order valence-corrected chi connectivity index (χ3v) is 3.08. The summed E-state index contributed by atoms with van der Waals surface area (Å²) in [4.78, 5) is 11.0. The molecule has 0 fully saturated rings. The minimum absolute atomic E-state index is 0.341. The van der Waals surface area contributed by atoms with Crippen molar-refractivity contribution in [2.45, 2.75) is 20.3 Å². The van der Waals surface area contributed by atoms with E-state index in [1.54, 1.807) is 19.1 Å². The van der Waals surface area contributed by atoms with Crippen LogP contribution in [0.25, 0.3) is 0 Å². The zero-order chi connectivity index (χ0) is 13.8. The van der Waals surface area contributed by atoms with Crippen LogP contribution in [0.5, 0.6) is 0 Å². The van der Waals surface area contributed by atoms with Gasteiger partial charge >= 0.3 is 5.97 Å². The minimum atomic E-state index is -0.892. The van der Waals surface area contributed by atoms with Crippen molar-refractivity contribution in [2.24, 2.45) is 0 Å². The highest BCUT2D eigenvalue weighted by atomic mass is 16.4. The number of carboxylic acids is 1. The van der Waals surface area contributed by atoms with Crippen LogP contribution in [0.4, 0.5) is 11.4 Å². The summed E-state index contributed by atoms with van der Waals surface area (Å²) in [6.07, 6.45) is 0.993. The predicted octanol–water partition coefficient (Wildman–Crippen LogP) is 4.00. The maximum atomic E-state index is 11.0. The molecule has 0 aromatic heterocycles. The van der Waals surface area contributed by atoms with Crippen molar-refractivity contribution in [1.82, 2.24) is 0 Å². The minimum Gasteiger partial charge on any atom is -0.478 e. The van der Waals surface area contributed by atoms with Crippen LogP contribution < -0.4 is 5.32 Å². The Labute approximate surface area is 112 Å². The number of nitrogens with one attached hydrogen (secondary N) is 1. The van der Waals surface area contributed by atoms with E-state index in [0.717, 1.165) is 23.4 Å². The summed E-state index contributed by atoms with van der Waals surface area (Å²) in [5, 5.41) is 12.3. The lowest BCUT2D eigenvalue weighted by atomic mass is 10.1. The average Bonchev–Trinajstić information content (AvgIpc) is 2.38. The Morgan fingerprint density at radius 3 is 2.53 bits per heavy atom. The van der Waals surface area contributed by atoms with E-state index < -0.39 is 5.97 Å². The largest absolute Gasteiger partial charge is 0.478 e. The third-order valence-electron chi connectivity index (χ3n) is 3.08. The summed E-state index contributed by atoms with van der Waals surface area (Å²) < 4.78 is 0. The van der Waals surface area contributed by atoms with Gasteiger partial charge in [0, 0.05) is 11.4 Å². The van der Waals surface area contributed by atoms with Crippen LogP contribution in [0.3, 0.4) is 0 Å². The van der Waals surface area contributed by atoms with Gasteiger partial charge in [0.1, 0.15) is 0 Å². The second kappa shape index (κ2) is 5.57. The summed E-state index contributed by atoms with van der Waals surface area (Å²) in [6.45, 7) is 3.92. The smallest absolute Gasteiger partial charge is 0.335 e. The normalized spacial score (nSPS) is 10.2. The molecule has 2 aromatic carbocycles. The van der Waals surface area contributed by atoms with Crippen molar-refractivity contribution in [2.75, 3.05) is 5.32 Å². The summed E-state index contributed by atoms with van der Waals surface area (Å²) in [7, 11) is 0. The van der Waals surface area contributed by atoms with E-state index in [9.17, 15) is 4.79 Å². The molecule has 0 spiro atoms. The van der Waals surface area contributed by atoms with Crippen LogP contribution in [0, 0.1) is 6.92 Å². The first-order valence-corrected chi connectivity index (χ1v) is 6.30. The molecule has 2 aromatic rings. The molecule has 0 aliphatic carbocycles. The Balaban J connectivity index is 2.23. The zero-order valence-electron chi connectivity index (χ0n) is 11.1. The molecule has 0 bridgehead atoms. The first-order valence-electron chi connectivity index (χ1n) is 6.30. The van der Waals surface area contributed by atoms with Crippen molar-refractivity contribution in [3.05, 3.63) is 59.2 Å². The Bertz CT molecular complexity index is 605. The van der Waals surface area contributed by atoms with E-state index in [4.69, 9.17) is 5.11 Å². The number of carbonyl (C=O) groups is 1. The monoisotopic (exact) mass is 255 g/mol. The third kappa shape index (κ3) is 3.13. The van der Waals surface area contributed by atoms with Gasteiger partial charge in [0.25, 0.3) is 0 Å². The number of aromatic carboxylic acids is 1.